The molecule has 6 nitrogen and oxygen atoms in total. The van der Waals surface area contributed by atoms with Gasteiger partial charge in [0, 0.05) is 42.6 Å². The number of morpholine rings is 1. The van der Waals surface area contributed by atoms with Gasteiger partial charge in [-0.1, -0.05) is 18.2 Å². The molecule has 2 aromatic heterocycles. The Hall–Kier alpha value is -2.57. The molecule has 122 valence electrons. The smallest absolute Gasteiger partial charge is 0.149 e. The average molecular weight is 322 g/mol. The fourth-order valence-electron chi connectivity index (χ4n) is 3.15. The number of hydrogen-bond acceptors (Lipinski definition) is 6. The van der Waals surface area contributed by atoms with Gasteiger partial charge in [0.2, 0.25) is 0 Å². The Morgan fingerprint density at radius 2 is 1.71 bits per heavy atom. The summed E-state index contributed by atoms with van der Waals surface area (Å²) in [5.74, 6) is 0.863. The molecule has 0 spiro atoms. The van der Waals surface area contributed by atoms with Crippen LogP contribution in [0, 0.1) is 0 Å². The molecule has 1 saturated heterocycles. The number of fused-ring (bicyclic) bond motifs is 1. The SMILES string of the molecule is Oc1c(C(c2ncccn2)N2CCOCC2)ccc2cccnc12. The van der Waals surface area contributed by atoms with E-state index in [0.29, 0.717) is 24.6 Å². The molecular weight excluding hydrogens is 304 g/mol. The molecule has 0 aliphatic carbocycles. The molecule has 1 atom stereocenters. The Labute approximate surface area is 139 Å². The highest BCUT2D eigenvalue weighted by Gasteiger charge is 2.29. The summed E-state index contributed by atoms with van der Waals surface area (Å²) in [6, 6.07) is 9.29. The van der Waals surface area contributed by atoms with Gasteiger partial charge in [-0.25, -0.2) is 9.97 Å². The summed E-state index contributed by atoms with van der Waals surface area (Å²) in [5.41, 5.74) is 1.37. The first-order chi connectivity index (χ1) is 11.8. The summed E-state index contributed by atoms with van der Waals surface area (Å²) in [6.45, 7) is 2.86. The van der Waals surface area contributed by atoms with Crippen LogP contribution in [0.3, 0.4) is 0 Å². The zero-order valence-electron chi connectivity index (χ0n) is 13.2. The minimum atomic E-state index is -0.221. The van der Waals surface area contributed by atoms with Crippen LogP contribution in [0.4, 0.5) is 0 Å². The zero-order valence-corrected chi connectivity index (χ0v) is 13.2. The van der Waals surface area contributed by atoms with Gasteiger partial charge in [0.25, 0.3) is 0 Å². The zero-order chi connectivity index (χ0) is 16.4. The normalized spacial score (nSPS) is 17.0. The van der Waals surface area contributed by atoms with Crippen molar-refractivity contribution in [1.82, 2.24) is 19.9 Å². The van der Waals surface area contributed by atoms with Crippen LogP contribution in [0.2, 0.25) is 0 Å². The Morgan fingerprint density at radius 1 is 0.958 bits per heavy atom. The van der Waals surface area contributed by atoms with E-state index in [2.05, 4.69) is 19.9 Å². The number of ether oxygens (including phenoxy) is 1. The van der Waals surface area contributed by atoms with Crippen molar-refractivity contribution >= 4 is 10.9 Å². The molecule has 24 heavy (non-hydrogen) atoms. The Balaban J connectivity index is 1.85. The molecule has 3 aromatic rings. The van der Waals surface area contributed by atoms with Crippen molar-refractivity contribution in [1.29, 1.82) is 0 Å². The second-order valence-corrected chi connectivity index (χ2v) is 5.74. The standard InChI is InChI=1S/C18H18N4O2/c23-17-14(5-4-13-3-1-6-19-15(13)17)16(18-20-7-2-8-21-18)22-9-11-24-12-10-22/h1-8,16,23H,9-12H2. The number of nitrogens with zero attached hydrogens (tertiary/aromatic N) is 4. The third-order valence-corrected chi connectivity index (χ3v) is 4.31. The number of benzene rings is 1. The maximum Gasteiger partial charge on any atom is 0.149 e. The predicted molar refractivity (Wildman–Crippen MR) is 89.7 cm³/mol. The summed E-state index contributed by atoms with van der Waals surface area (Å²) in [7, 11) is 0. The topological polar surface area (TPSA) is 71.4 Å². The van der Waals surface area contributed by atoms with E-state index in [9.17, 15) is 5.11 Å². The fraction of sp³-hybridized carbons (Fsp3) is 0.278. The number of hydrogen-bond donors (Lipinski definition) is 1. The first-order valence-corrected chi connectivity index (χ1v) is 8.00. The van der Waals surface area contributed by atoms with Gasteiger partial charge in [-0.2, -0.15) is 0 Å². The molecule has 0 radical (unpaired) electrons. The monoisotopic (exact) mass is 322 g/mol. The van der Waals surface area contributed by atoms with E-state index in [1.54, 1.807) is 24.7 Å². The number of phenols is 1. The summed E-state index contributed by atoms with van der Waals surface area (Å²) in [5, 5.41) is 11.7. The highest BCUT2D eigenvalue weighted by molar-refractivity contribution is 5.85. The minimum absolute atomic E-state index is 0.192. The fourth-order valence-corrected chi connectivity index (χ4v) is 3.15. The van der Waals surface area contributed by atoms with E-state index < -0.39 is 0 Å². The van der Waals surface area contributed by atoms with Gasteiger partial charge in [0.1, 0.15) is 17.1 Å². The maximum atomic E-state index is 10.8. The van der Waals surface area contributed by atoms with Gasteiger partial charge < -0.3 is 9.84 Å². The van der Waals surface area contributed by atoms with E-state index in [1.807, 2.05) is 24.3 Å². The molecule has 1 aromatic carbocycles. The minimum Gasteiger partial charge on any atom is -0.505 e. The number of aromatic nitrogens is 3. The van der Waals surface area contributed by atoms with Crippen LogP contribution in [0.1, 0.15) is 17.4 Å². The molecule has 1 N–H and O–H groups in total. The lowest BCUT2D eigenvalue weighted by atomic mass is 10.00. The van der Waals surface area contributed by atoms with Crippen LogP contribution in [0.15, 0.2) is 48.9 Å². The molecule has 0 saturated carbocycles. The quantitative estimate of drug-likeness (QED) is 0.797. The largest absolute Gasteiger partial charge is 0.505 e. The Kier molecular flexibility index (Phi) is 4.06. The van der Waals surface area contributed by atoms with Gasteiger partial charge >= 0.3 is 0 Å². The highest BCUT2D eigenvalue weighted by Crippen LogP contribution is 2.36. The van der Waals surface area contributed by atoms with Crippen molar-refractivity contribution in [2.24, 2.45) is 0 Å². The second kappa shape index (κ2) is 6.51. The molecular formula is C18H18N4O2. The lowest BCUT2D eigenvalue weighted by Gasteiger charge is -2.34. The van der Waals surface area contributed by atoms with Gasteiger partial charge in [-0.3, -0.25) is 9.88 Å². The van der Waals surface area contributed by atoms with Crippen LogP contribution in [0.25, 0.3) is 10.9 Å². The number of pyridine rings is 1. The van der Waals surface area contributed by atoms with Crippen LogP contribution < -0.4 is 0 Å². The van der Waals surface area contributed by atoms with E-state index in [4.69, 9.17) is 4.74 Å². The van der Waals surface area contributed by atoms with Crippen molar-refractivity contribution in [3.63, 3.8) is 0 Å². The van der Waals surface area contributed by atoms with Gasteiger partial charge in [-0.05, 0) is 12.1 Å². The lowest BCUT2D eigenvalue weighted by Crippen LogP contribution is -2.40. The van der Waals surface area contributed by atoms with Crippen molar-refractivity contribution in [3.8, 4) is 5.75 Å². The first kappa shape index (κ1) is 15.0. The van der Waals surface area contributed by atoms with Gasteiger partial charge in [0.05, 0.1) is 19.3 Å². The summed E-state index contributed by atoms with van der Waals surface area (Å²) in [6.07, 6.45) is 5.15. The molecule has 0 bridgehead atoms. The van der Waals surface area contributed by atoms with Crippen LogP contribution in [0.5, 0.6) is 5.75 Å². The molecule has 1 aliphatic heterocycles. The average Bonchev–Trinajstić information content (AvgIpc) is 2.66. The molecule has 4 rings (SSSR count). The number of rotatable bonds is 3. The summed E-state index contributed by atoms with van der Waals surface area (Å²) in [4.78, 5) is 15.4. The highest BCUT2D eigenvalue weighted by atomic mass is 16.5. The van der Waals surface area contributed by atoms with Crippen LogP contribution >= 0.6 is 0 Å². The van der Waals surface area contributed by atoms with Crippen LogP contribution in [-0.2, 0) is 4.74 Å². The molecule has 1 fully saturated rings. The lowest BCUT2D eigenvalue weighted by molar-refractivity contribution is 0.0220. The van der Waals surface area contributed by atoms with Crippen molar-refractivity contribution in [2.75, 3.05) is 26.3 Å². The van der Waals surface area contributed by atoms with E-state index in [0.717, 1.165) is 24.0 Å². The first-order valence-electron chi connectivity index (χ1n) is 8.00. The Bertz CT molecular complexity index is 835. The van der Waals surface area contributed by atoms with Crippen LogP contribution in [-0.4, -0.2) is 51.3 Å². The molecule has 1 aliphatic rings. The third kappa shape index (κ3) is 2.70. The third-order valence-electron chi connectivity index (χ3n) is 4.31. The van der Waals surface area contributed by atoms with E-state index in [-0.39, 0.29) is 11.8 Å². The van der Waals surface area contributed by atoms with Crippen molar-refractivity contribution < 1.29 is 9.84 Å². The molecule has 3 heterocycles. The van der Waals surface area contributed by atoms with E-state index in [1.165, 1.54) is 0 Å². The van der Waals surface area contributed by atoms with Gasteiger partial charge in [0.15, 0.2) is 0 Å². The predicted octanol–water partition coefficient (Wildman–Crippen LogP) is 2.15. The molecule has 1 unspecified atom stereocenters. The van der Waals surface area contributed by atoms with Crippen molar-refractivity contribution in [3.05, 3.63) is 60.3 Å². The summed E-state index contributed by atoms with van der Waals surface area (Å²) >= 11 is 0. The van der Waals surface area contributed by atoms with Gasteiger partial charge in [-0.15, -0.1) is 0 Å². The Morgan fingerprint density at radius 3 is 2.50 bits per heavy atom. The maximum absolute atomic E-state index is 10.8. The number of phenolic OH excluding ortho intramolecular Hbond substituents is 1. The number of aromatic hydroxyl groups is 1. The van der Waals surface area contributed by atoms with E-state index >= 15 is 0 Å². The molecule has 6 heteroatoms. The second-order valence-electron chi connectivity index (χ2n) is 5.74. The summed E-state index contributed by atoms with van der Waals surface area (Å²) < 4.78 is 5.46. The molecule has 0 amide bonds. The van der Waals surface area contributed by atoms with Crippen molar-refractivity contribution in [2.45, 2.75) is 6.04 Å².